The van der Waals surface area contributed by atoms with Crippen LogP contribution in [0, 0.1) is 0 Å². The van der Waals surface area contributed by atoms with Crippen molar-refractivity contribution in [2.24, 2.45) is 0 Å². The van der Waals surface area contributed by atoms with Gasteiger partial charge in [0.2, 0.25) is 0 Å². The Morgan fingerprint density at radius 3 is 2.85 bits per heavy atom. The standard InChI is InChI=1S/C16H14N2O2/c1-20-13-6-2-5-12(10-13)16(19)18-14-7-3-4-11-8-9-17-15(11)14/h2-10,17H,1H3,(H,18,19). The fraction of sp³-hybridized carbons (Fsp3) is 0.0625. The number of nitrogens with one attached hydrogen (secondary N) is 2. The first kappa shape index (κ1) is 12.3. The van der Waals surface area contributed by atoms with Crippen molar-refractivity contribution in [1.82, 2.24) is 4.98 Å². The van der Waals surface area contributed by atoms with Crippen LogP contribution in [0.4, 0.5) is 5.69 Å². The number of methoxy groups -OCH3 is 1. The molecule has 1 heterocycles. The first-order valence-corrected chi connectivity index (χ1v) is 6.29. The molecule has 1 amide bonds. The number of amides is 1. The lowest BCUT2D eigenvalue weighted by Gasteiger charge is -2.07. The Kier molecular flexibility index (Phi) is 3.13. The predicted octanol–water partition coefficient (Wildman–Crippen LogP) is 3.43. The van der Waals surface area contributed by atoms with Gasteiger partial charge in [0, 0.05) is 17.1 Å². The molecule has 100 valence electrons. The number of H-pyrrole nitrogens is 1. The van der Waals surface area contributed by atoms with Gasteiger partial charge in [0.05, 0.1) is 18.3 Å². The molecule has 3 rings (SSSR count). The molecule has 4 heteroatoms. The van der Waals surface area contributed by atoms with Gasteiger partial charge < -0.3 is 15.0 Å². The summed E-state index contributed by atoms with van der Waals surface area (Å²) in [5.74, 6) is 0.502. The molecular weight excluding hydrogens is 252 g/mol. The number of hydrogen-bond acceptors (Lipinski definition) is 2. The normalized spacial score (nSPS) is 10.4. The third-order valence-electron chi connectivity index (χ3n) is 3.17. The van der Waals surface area contributed by atoms with Gasteiger partial charge in [0.25, 0.3) is 5.91 Å². The molecule has 0 saturated heterocycles. The topological polar surface area (TPSA) is 54.1 Å². The van der Waals surface area contributed by atoms with Crippen molar-refractivity contribution in [1.29, 1.82) is 0 Å². The van der Waals surface area contributed by atoms with Crippen molar-refractivity contribution in [3.63, 3.8) is 0 Å². The van der Waals surface area contributed by atoms with Gasteiger partial charge in [0.15, 0.2) is 0 Å². The molecular formula is C16H14N2O2. The van der Waals surface area contributed by atoms with Gasteiger partial charge >= 0.3 is 0 Å². The maximum absolute atomic E-state index is 12.3. The zero-order chi connectivity index (χ0) is 13.9. The summed E-state index contributed by atoms with van der Waals surface area (Å²) in [4.78, 5) is 15.4. The van der Waals surface area contributed by atoms with E-state index in [4.69, 9.17) is 4.74 Å². The van der Waals surface area contributed by atoms with Crippen LogP contribution in [-0.2, 0) is 0 Å². The van der Waals surface area contributed by atoms with E-state index in [1.54, 1.807) is 25.3 Å². The minimum Gasteiger partial charge on any atom is -0.497 e. The summed E-state index contributed by atoms with van der Waals surface area (Å²) in [6.07, 6.45) is 1.85. The van der Waals surface area contributed by atoms with Crippen molar-refractivity contribution in [3.05, 3.63) is 60.3 Å². The summed E-state index contributed by atoms with van der Waals surface area (Å²) in [7, 11) is 1.58. The van der Waals surface area contributed by atoms with Gasteiger partial charge in [-0.25, -0.2) is 0 Å². The Morgan fingerprint density at radius 1 is 1.15 bits per heavy atom. The van der Waals surface area contributed by atoms with Crippen molar-refractivity contribution in [2.75, 3.05) is 12.4 Å². The number of carbonyl (C=O) groups excluding carboxylic acids is 1. The molecule has 2 aromatic carbocycles. The highest BCUT2D eigenvalue weighted by Crippen LogP contribution is 2.22. The van der Waals surface area contributed by atoms with Gasteiger partial charge in [0.1, 0.15) is 5.75 Å². The van der Waals surface area contributed by atoms with Crippen LogP contribution in [0.3, 0.4) is 0 Å². The summed E-state index contributed by atoms with van der Waals surface area (Å²) in [5, 5.41) is 3.98. The molecule has 0 spiro atoms. The maximum Gasteiger partial charge on any atom is 0.255 e. The van der Waals surface area contributed by atoms with Crippen LogP contribution in [0.2, 0.25) is 0 Å². The first-order chi connectivity index (χ1) is 9.78. The van der Waals surface area contributed by atoms with Gasteiger partial charge in [-0.3, -0.25) is 4.79 Å². The minimum absolute atomic E-state index is 0.161. The number of anilines is 1. The Labute approximate surface area is 116 Å². The summed E-state index contributed by atoms with van der Waals surface area (Å²) < 4.78 is 5.13. The Balaban J connectivity index is 1.90. The van der Waals surface area contributed by atoms with E-state index in [9.17, 15) is 4.79 Å². The number of carbonyl (C=O) groups is 1. The molecule has 0 bridgehead atoms. The fourth-order valence-electron chi connectivity index (χ4n) is 2.15. The second kappa shape index (κ2) is 5.09. The van der Waals surface area contributed by atoms with E-state index in [0.717, 1.165) is 16.6 Å². The second-order valence-electron chi connectivity index (χ2n) is 4.43. The van der Waals surface area contributed by atoms with Crippen LogP contribution in [0.5, 0.6) is 5.75 Å². The molecule has 1 aromatic heterocycles. The monoisotopic (exact) mass is 266 g/mol. The van der Waals surface area contributed by atoms with E-state index in [-0.39, 0.29) is 5.91 Å². The highest BCUT2D eigenvalue weighted by molar-refractivity contribution is 6.08. The van der Waals surface area contributed by atoms with Crippen LogP contribution < -0.4 is 10.1 Å². The quantitative estimate of drug-likeness (QED) is 0.763. The van der Waals surface area contributed by atoms with Crippen molar-refractivity contribution < 1.29 is 9.53 Å². The Bertz CT molecular complexity index is 762. The molecule has 0 radical (unpaired) electrons. The van der Waals surface area contributed by atoms with Crippen molar-refractivity contribution in [2.45, 2.75) is 0 Å². The molecule has 0 aliphatic heterocycles. The van der Waals surface area contributed by atoms with Gasteiger partial charge in [-0.1, -0.05) is 18.2 Å². The van der Waals surface area contributed by atoms with Crippen molar-refractivity contribution in [3.8, 4) is 5.75 Å². The second-order valence-corrected chi connectivity index (χ2v) is 4.43. The number of benzene rings is 2. The molecule has 4 nitrogen and oxygen atoms in total. The predicted molar refractivity (Wildman–Crippen MR) is 79.2 cm³/mol. The van der Waals surface area contributed by atoms with Crippen LogP contribution in [-0.4, -0.2) is 18.0 Å². The molecule has 3 aromatic rings. The molecule has 2 N–H and O–H groups in total. The van der Waals surface area contributed by atoms with E-state index in [1.165, 1.54) is 0 Å². The summed E-state index contributed by atoms with van der Waals surface area (Å²) in [6, 6.07) is 14.8. The largest absolute Gasteiger partial charge is 0.497 e. The van der Waals surface area contributed by atoms with E-state index >= 15 is 0 Å². The maximum atomic E-state index is 12.3. The number of hydrogen-bond donors (Lipinski definition) is 2. The fourth-order valence-corrected chi connectivity index (χ4v) is 2.15. The molecule has 0 atom stereocenters. The molecule has 0 fully saturated rings. The van der Waals surface area contributed by atoms with E-state index in [2.05, 4.69) is 10.3 Å². The van der Waals surface area contributed by atoms with Crippen LogP contribution >= 0.6 is 0 Å². The molecule has 0 aliphatic carbocycles. The van der Waals surface area contributed by atoms with E-state index in [1.807, 2.05) is 36.5 Å². The summed E-state index contributed by atoms with van der Waals surface area (Å²) in [5.41, 5.74) is 2.25. The molecule has 20 heavy (non-hydrogen) atoms. The third kappa shape index (κ3) is 2.23. The molecule has 0 saturated carbocycles. The zero-order valence-corrected chi connectivity index (χ0v) is 11.0. The third-order valence-corrected chi connectivity index (χ3v) is 3.17. The lowest BCUT2D eigenvalue weighted by Crippen LogP contribution is -2.12. The van der Waals surface area contributed by atoms with Crippen LogP contribution in [0.1, 0.15) is 10.4 Å². The number of para-hydroxylation sites is 1. The molecule has 0 aliphatic rings. The highest BCUT2D eigenvalue weighted by atomic mass is 16.5. The van der Waals surface area contributed by atoms with E-state index < -0.39 is 0 Å². The number of aromatic amines is 1. The lowest BCUT2D eigenvalue weighted by atomic mass is 10.2. The first-order valence-electron chi connectivity index (χ1n) is 6.29. The number of ether oxygens (including phenoxy) is 1. The Hall–Kier alpha value is -2.75. The van der Waals surface area contributed by atoms with Crippen molar-refractivity contribution >= 4 is 22.5 Å². The lowest BCUT2D eigenvalue weighted by molar-refractivity contribution is 0.102. The average molecular weight is 266 g/mol. The zero-order valence-electron chi connectivity index (χ0n) is 11.0. The molecule has 0 unspecified atom stereocenters. The Morgan fingerprint density at radius 2 is 2.00 bits per heavy atom. The summed E-state index contributed by atoms with van der Waals surface area (Å²) >= 11 is 0. The van der Waals surface area contributed by atoms with Gasteiger partial charge in [-0.05, 0) is 30.3 Å². The SMILES string of the molecule is COc1cccc(C(=O)Nc2cccc3cc[nH]c23)c1. The van der Waals surface area contributed by atoms with Crippen LogP contribution in [0.25, 0.3) is 10.9 Å². The smallest absolute Gasteiger partial charge is 0.255 e. The van der Waals surface area contributed by atoms with E-state index in [0.29, 0.717) is 11.3 Å². The van der Waals surface area contributed by atoms with Gasteiger partial charge in [-0.2, -0.15) is 0 Å². The number of rotatable bonds is 3. The van der Waals surface area contributed by atoms with Crippen LogP contribution in [0.15, 0.2) is 54.7 Å². The minimum atomic E-state index is -0.161. The summed E-state index contributed by atoms with van der Waals surface area (Å²) in [6.45, 7) is 0. The number of fused-ring (bicyclic) bond motifs is 1. The van der Waals surface area contributed by atoms with Gasteiger partial charge in [-0.15, -0.1) is 0 Å². The number of aromatic nitrogens is 1. The highest BCUT2D eigenvalue weighted by Gasteiger charge is 2.09. The average Bonchev–Trinajstić information content (AvgIpc) is 2.97.